The van der Waals surface area contributed by atoms with Gasteiger partial charge >= 0.3 is 0 Å². The SMILES string of the molecule is CCc1nc(Nc2cc(-c3cccnc3)[nH]n2)nc(NC(C)c2ccc(F)cc2F)n1. The molecule has 8 nitrogen and oxygen atoms in total. The highest BCUT2D eigenvalue weighted by Crippen LogP contribution is 2.23. The Balaban J connectivity index is 1.54. The zero-order valence-electron chi connectivity index (χ0n) is 16.9. The minimum Gasteiger partial charge on any atom is -0.347 e. The maximum atomic E-state index is 14.1. The van der Waals surface area contributed by atoms with Crippen LogP contribution < -0.4 is 10.6 Å². The Bertz CT molecular complexity index is 1180. The topological polar surface area (TPSA) is 104 Å². The van der Waals surface area contributed by atoms with E-state index >= 15 is 0 Å². The van der Waals surface area contributed by atoms with Gasteiger partial charge in [0.1, 0.15) is 17.5 Å². The van der Waals surface area contributed by atoms with Crippen LogP contribution in [0.25, 0.3) is 11.3 Å². The van der Waals surface area contributed by atoms with Gasteiger partial charge in [0.25, 0.3) is 0 Å². The molecule has 3 heterocycles. The highest BCUT2D eigenvalue weighted by Gasteiger charge is 2.15. The number of aromatic amines is 1. The Kier molecular flexibility index (Phi) is 5.78. The van der Waals surface area contributed by atoms with Crippen LogP contribution in [0.2, 0.25) is 0 Å². The van der Waals surface area contributed by atoms with Crippen molar-refractivity contribution >= 4 is 17.7 Å². The average Bonchev–Trinajstić information content (AvgIpc) is 3.22. The highest BCUT2D eigenvalue weighted by molar-refractivity contribution is 5.63. The zero-order valence-corrected chi connectivity index (χ0v) is 16.9. The number of hydrogen-bond acceptors (Lipinski definition) is 7. The van der Waals surface area contributed by atoms with Crippen molar-refractivity contribution in [2.75, 3.05) is 10.6 Å². The fourth-order valence-corrected chi connectivity index (χ4v) is 2.99. The second-order valence-corrected chi connectivity index (χ2v) is 6.82. The van der Waals surface area contributed by atoms with E-state index < -0.39 is 17.7 Å². The molecule has 0 radical (unpaired) electrons. The predicted octanol–water partition coefficient (Wildman–Crippen LogP) is 4.41. The van der Waals surface area contributed by atoms with E-state index in [9.17, 15) is 8.78 Å². The second-order valence-electron chi connectivity index (χ2n) is 6.82. The number of pyridine rings is 1. The maximum absolute atomic E-state index is 14.1. The van der Waals surface area contributed by atoms with Gasteiger partial charge in [-0.15, -0.1) is 0 Å². The molecule has 1 aromatic carbocycles. The molecule has 158 valence electrons. The van der Waals surface area contributed by atoms with Crippen molar-refractivity contribution < 1.29 is 8.78 Å². The lowest BCUT2D eigenvalue weighted by molar-refractivity contribution is 0.566. The number of halogens is 2. The Hall–Kier alpha value is -3.95. The first-order chi connectivity index (χ1) is 15.0. The molecule has 0 fully saturated rings. The summed E-state index contributed by atoms with van der Waals surface area (Å²) in [4.78, 5) is 17.2. The maximum Gasteiger partial charge on any atom is 0.233 e. The molecule has 0 aliphatic heterocycles. The Labute approximate surface area is 177 Å². The Morgan fingerprint density at radius 1 is 1.06 bits per heavy atom. The lowest BCUT2D eigenvalue weighted by atomic mass is 10.1. The molecule has 3 aromatic heterocycles. The number of hydrogen-bond donors (Lipinski definition) is 3. The predicted molar refractivity (Wildman–Crippen MR) is 113 cm³/mol. The summed E-state index contributed by atoms with van der Waals surface area (Å²) in [6, 6.07) is 8.55. The molecule has 1 atom stereocenters. The third-order valence-electron chi connectivity index (χ3n) is 4.56. The van der Waals surface area contributed by atoms with Gasteiger partial charge in [-0.1, -0.05) is 13.0 Å². The van der Waals surface area contributed by atoms with Crippen LogP contribution in [0.15, 0.2) is 48.8 Å². The van der Waals surface area contributed by atoms with Gasteiger partial charge in [0.15, 0.2) is 5.82 Å². The van der Waals surface area contributed by atoms with E-state index in [-0.39, 0.29) is 5.95 Å². The molecule has 0 aliphatic carbocycles. The molecular weight excluding hydrogens is 402 g/mol. The molecule has 10 heteroatoms. The van der Waals surface area contributed by atoms with Gasteiger partial charge in [0, 0.05) is 42.1 Å². The molecule has 0 saturated heterocycles. The molecule has 0 amide bonds. The smallest absolute Gasteiger partial charge is 0.233 e. The van der Waals surface area contributed by atoms with Gasteiger partial charge < -0.3 is 10.6 Å². The van der Waals surface area contributed by atoms with Gasteiger partial charge in [-0.2, -0.15) is 20.1 Å². The zero-order chi connectivity index (χ0) is 21.8. The lowest BCUT2D eigenvalue weighted by Gasteiger charge is -2.16. The van der Waals surface area contributed by atoms with E-state index in [0.717, 1.165) is 17.3 Å². The molecule has 0 aliphatic rings. The van der Waals surface area contributed by atoms with Crippen molar-refractivity contribution in [3.8, 4) is 11.3 Å². The van der Waals surface area contributed by atoms with Crippen LogP contribution in [0.5, 0.6) is 0 Å². The van der Waals surface area contributed by atoms with Gasteiger partial charge in [0.2, 0.25) is 11.9 Å². The quantitative estimate of drug-likeness (QED) is 0.405. The van der Waals surface area contributed by atoms with Crippen LogP contribution in [0.1, 0.15) is 31.3 Å². The van der Waals surface area contributed by atoms with Crippen LogP contribution >= 0.6 is 0 Å². The summed E-state index contributed by atoms with van der Waals surface area (Å²) in [5, 5.41) is 13.3. The van der Waals surface area contributed by atoms with E-state index in [4.69, 9.17) is 0 Å². The molecule has 31 heavy (non-hydrogen) atoms. The standard InChI is InChI=1S/C21H20F2N8/c1-3-18-26-20(25-12(2)15-7-6-14(22)9-16(15)23)29-21(27-18)28-19-10-17(30-31-19)13-5-4-8-24-11-13/h4-12H,3H2,1-2H3,(H3,25,26,27,28,29,30,31). The van der Waals surface area contributed by atoms with Crippen molar-refractivity contribution in [2.45, 2.75) is 26.3 Å². The second kappa shape index (κ2) is 8.82. The van der Waals surface area contributed by atoms with Crippen molar-refractivity contribution in [1.82, 2.24) is 30.1 Å². The van der Waals surface area contributed by atoms with Gasteiger partial charge in [-0.25, -0.2) is 8.78 Å². The fourth-order valence-electron chi connectivity index (χ4n) is 2.99. The molecular formula is C21H20F2N8. The fraction of sp³-hybridized carbons (Fsp3) is 0.190. The van der Waals surface area contributed by atoms with Crippen LogP contribution in [0, 0.1) is 11.6 Å². The van der Waals surface area contributed by atoms with E-state index in [0.29, 0.717) is 29.6 Å². The average molecular weight is 422 g/mol. The van der Waals surface area contributed by atoms with E-state index in [1.165, 1.54) is 12.1 Å². The number of benzene rings is 1. The summed E-state index contributed by atoms with van der Waals surface area (Å²) in [7, 11) is 0. The molecule has 1 unspecified atom stereocenters. The minimum absolute atomic E-state index is 0.272. The molecule has 0 bridgehead atoms. The lowest BCUT2D eigenvalue weighted by Crippen LogP contribution is -2.14. The highest BCUT2D eigenvalue weighted by atomic mass is 19.1. The van der Waals surface area contributed by atoms with Crippen LogP contribution in [-0.2, 0) is 6.42 Å². The first kappa shape index (κ1) is 20.3. The van der Waals surface area contributed by atoms with Crippen molar-refractivity contribution in [1.29, 1.82) is 0 Å². The Morgan fingerprint density at radius 3 is 2.65 bits per heavy atom. The summed E-state index contributed by atoms with van der Waals surface area (Å²) in [6.07, 6.45) is 4.00. The Morgan fingerprint density at radius 2 is 1.90 bits per heavy atom. The number of aryl methyl sites for hydroxylation is 1. The van der Waals surface area contributed by atoms with Gasteiger partial charge in [-0.3, -0.25) is 10.1 Å². The first-order valence-electron chi connectivity index (χ1n) is 9.71. The number of nitrogens with one attached hydrogen (secondary N) is 3. The van der Waals surface area contributed by atoms with Crippen LogP contribution in [0.3, 0.4) is 0 Å². The summed E-state index contributed by atoms with van der Waals surface area (Å²) >= 11 is 0. The van der Waals surface area contributed by atoms with E-state index in [1.54, 1.807) is 19.3 Å². The molecule has 0 saturated carbocycles. The number of H-pyrrole nitrogens is 1. The number of aromatic nitrogens is 6. The summed E-state index contributed by atoms with van der Waals surface area (Å²) in [5.41, 5.74) is 1.99. The van der Waals surface area contributed by atoms with Gasteiger partial charge in [-0.05, 0) is 25.1 Å². The molecule has 3 N–H and O–H groups in total. The molecule has 4 aromatic rings. The number of anilines is 3. The molecule has 4 rings (SSSR count). The van der Waals surface area contributed by atoms with Crippen LogP contribution in [0.4, 0.5) is 26.5 Å². The summed E-state index contributed by atoms with van der Waals surface area (Å²) in [6.45, 7) is 3.66. The summed E-state index contributed by atoms with van der Waals surface area (Å²) < 4.78 is 27.3. The van der Waals surface area contributed by atoms with Crippen molar-refractivity contribution in [3.63, 3.8) is 0 Å². The monoisotopic (exact) mass is 422 g/mol. The first-order valence-corrected chi connectivity index (χ1v) is 9.71. The van der Waals surface area contributed by atoms with Crippen molar-refractivity contribution in [2.24, 2.45) is 0 Å². The normalized spacial score (nSPS) is 11.9. The van der Waals surface area contributed by atoms with Gasteiger partial charge in [0.05, 0.1) is 11.7 Å². The number of nitrogens with zero attached hydrogens (tertiary/aromatic N) is 5. The van der Waals surface area contributed by atoms with Crippen LogP contribution in [-0.4, -0.2) is 30.1 Å². The third kappa shape index (κ3) is 4.80. The van der Waals surface area contributed by atoms with E-state index in [1.807, 2.05) is 25.1 Å². The third-order valence-corrected chi connectivity index (χ3v) is 4.56. The minimum atomic E-state index is -0.637. The number of rotatable bonds is 7. The van der Waals surface area contributed by atoms with Crippen molar-refractivity contribution in [3.05, 3.63) is 71.8 Å². The largest absolute Gasteiger partial charge is 0.347 e. The van der Waals surface area contributed by atoms with E-state index in [2.05, 4.69) is 40.8 Å². The molecule has 0 spiro atoms. The summed E-state index contributed by atoms with van der Waals surface area (Å²) in [5.74, 6) is 0.380.